The molecular weight excluding hydrogens is 258 g/mol. The van der Waals surface area contributed by atoms with Crippen LogP contribution >= 0.6 is 34.8 Å². The Hall–Kier alpha value is -0.840. The van der Waals surface area contributed by atoms with Crippen molar-refractivity contribution < 1.29 is 0 Å². The smallest absolute Gasteiger partial charge is 0.175 e. The SMILES string of the molecule is ClC(Cl)(Cl)n1nnnc1-c1ccccc1. The van der Waals surface area contributed by atoms with Gasteiger partial charge in [0.05, 0.1) is 0 Å². The van der Waals surface area contributed by atoms with Gasteiger partial charge in [-0.1, -0.05) is 65.1 Å². The maximum atomic E-state index is 5.71. The number of aromatic nitrogens is 4. The van der Waals surface area contributed by atoms with Gasteiger partial charge in [0.15, 0.2) is 5.82 Å². The molecule has 0 radical (unpaired) electrons. The third-order valence-corrected chi connectivity index (χ3v) is 2.22. The summed E-state index contributed by atoms with van der Waals surface area (Å²) in [6.07, 6.45) is 0. The number of benzene rings is 1. The van der Waals surface area contributed by atoms with Gasteiger partial charge in [0.2, 0.25) is 0 Å². The fraction of sp³-hybridized carbons (Fsp3) is 0.125. The van der Waals surface area contributed by atoms with Crippen molar-refractivity contribution in [2.45, 2.75) is 3.92 Å². The van der Waals surface area contributed by atoms with Crippen LogP contribution in [-0.4, -0.2) is 20.2 Å². The van der Waals surface area contributed by atoms with Crippen molar-refractivity contribution in [3.63, 3.8) is 0 Å². The molecule has 0 atom stereocenters. The zero-order chi connectivity index (χ0) is 10.9. The lowest BCUT2D eigenvalue weighted by molar-refractivity contribution is 0.642. The molecule has 0 bridgehead atoms. The van der Waals surface area contributed by atoms with Gasteiger partial charge in [-0.2, -0.15) is 4.68 Å². The van der Waals surface area contributed by atoms with Crippen LogP contribution in [0.15, 0.2) is 30.3 Å². The molecule has 0 spiro atoms. The lowest BCUT2D eigenvalue weighted by Gasteiger charge is -2.11. The molecule has 0 aliphatic heterocycles. The van der Waals surface area contributed by atoms with Crippen LogP contribution in [0.2, 0.25) is 0 Å². The molecular formula is C8H5Cl3N4. The van der Waals surface area contributed by atoms with E-state index in [-0.39, 0.29) is 0 Å². The third-order valence-electron chi connectivity index (χ3n) is 1.74. The average Bonchev–Trinajstić information content (AvgIpc) is 2.67. The normalized spacial score (nSPS) is 11.7. The van der Waals surface area contributed by atoms with Crippen LogP contribution < -0.4 is 0 Å². The highest BCUT2D eigenvalue weighted by atomic mass is 35.6. The molecule has 0 aliphatic carbocycles. The molecule has 2 aromatic rings. The first-order valence-electron chi connectivity index (χ1n) is 4.00. The van der Waals surface area contributed by atoms with Gasteiger partial charge in [-0.15, -0.1) is 5.10 Å². The molecule has 0 saturated carbocycles. The van der Waals surface area contributed by atoms with Crippen molar-refractivity contribution >= 4 is 34.8 Å². The number of hydrogen-bond donors (Lipinski definition) is 0. The Kier molecular flexibility index (Phi) is 2.82. The summed E-state index contributed by atoms with van der Waals surface area (Å²) in [5.41, 5.74) is 0.786. The van der Waals surface area contributed by atoms with Gasteiger partial charge >= 0.3 is 0 Å². The van der Waals surface area contributed by atoms with E-state index in [4.69, 9.17) is 34.8 Å². The predicted molar refractivity (Wildman–Crippen MR) is 58.8 cm³/mol. The molecule has 1 heterocycles. The monoisotopic (exact) mass is 262 g/mol. The van der Waals surface area contributed by atoms with Gasteiger partial charge < -0.3 is 0 Å². The highest BCUT2D eigenvalue weighted by Gasteiger charge is 2.28. The largest absolute Gasteiger partial charge is 0.290 e. The van der Waals surface area contributed by atoms with Gasteiger partial charge in [-0.05, 0) is 10.4 Å². The Bertz CT molecular complexity index is 448. The maximum Gasteiger partial charge on any atom is 0.290 e. The summed E-state index contributed by atoms with van der Waals surface area (Å²) < 4.78 is -0.554. The topological polar surface area (TPSA) is 43.6 Å². The van der Waals surface area contributed by atoms with Crippen LogP contribution in [0.3, 0.4) is 0 Å². The molecule has 1 aromatic carbocycles. The Morgan fingerprint density at radius 2 is 1.73 bits per heavy atom. The Morgan fingerprint density at radius 1 is 1.07 bits per heavy atom. The van der Waals surface area contributed by atoms with Crippen LogP contribution in [0.5, 0.6) is 0 Å². The van der Waals surface area contributed by atoms with Crippen molar-refractivity contribution in [1.29, 1.82) is 0 Å². The second kappa shape index (κ2) is 3.96. The summed E-state index contributed by atoms with van der Waals surface area (Å²) in [4.78, 5) is 0. The minimum atomic E-state index is -1.69. The first kappa shape index (κ1) is 10.7. The van der Waals surface area contributed by atoms with Crippen LogP contribution in [0.4, 0.5) is 0 Å². The number of rotatable bonds is 1. The molecule has 7 heteroatoms. The third kappa shape index (κ3) is 2.22. The minimum absolute atomic E-state index is 0.413. The van der Waals surface area contributed by atoms with E-state index >= 15 is 0 Å². The van der Waals surface area contributed by atoms with Crippen molar-refractivity contribution in [1.82, 2.24) is 20.2 Å². The lowest BCUT2D eigenvalue weighted by Crippen LogP contribution is -2.16. The standard InChI is InChI=1S/C8H5Cl3N4/c9-8(10,11)15-7(12-13-14-15)6-4-2-1-3-5-6/h1-5H. The highest BCUT2D eigenvalue weighted by Crippen LogP contribution is 2.34. The molecule has 78 valence electrons. The zero-order valence-corrected chi connectivity index (χ0v) is 9.58. The van der Waals surface area contributed by atoms with Crippen molar-refractivity contribution in [2.75, 3.05) is 0 Å². The molecule has 0 unspecified atom stereocenters. The molecule has 0 fully saturated rings. The van der Waals surface area contributed by atoms with Crippen molar-refractivity contribution in [2.24, 2.45) is 0 Å². The van der Waals surface area contributed by atoms with Gasteiger partial charge in [-0.3, -0.25) is 0 Å². The van der Waals surface area contributed by atoms with E-state index in [1.165, 1.54) is 0 Å². The maximum absolute atomic E-state index is 5.71. The van der Waals surface area contributed by atoms with E-state index in [0.29, 0.717) is 5.82 Å². The van der Waals surface area contributed by atoms with Gasteiger partial charge in [0.1, 0.15) is 0 Å². The predicted octanol–water partition coefficient (Wildman–Crippen LogP) is 2.62. The van der Waals surface area contributed by atoms with E-state index in [0.717, 1.165) is 10.2 Å². The molecule has 4 nitrogen and oxygen atoms in total. The summed E-state index contributed by atoms with van der Waals surface area (Å²) >= 11 is 17.1. The first-order chi connectivity index (χ1) is 7.09. The van der Waals surface area contributed by atoms with E-state index in [1.807, 2.05) is 30.3 Å². The summed E-state index contributed by atoms with van der Waals surface area (Å²) in [5.74, 6) is 0.413. The molecule has 0 saturated heterocycles. The van der Waals surface area contributed by atoms with E-state index in [9.17, 15) is 0 Å². The summed E-state index contributed by atoms with van der Waals surface area (Å²) in [7, 11) is 0. The number of halogens is 3. The molecule has 15 heavy (non-hydrogen) atoms. The molecule has 0 amide bonds. The second-order valence-electron chi connectivity index (χ2n) is 2.75. The number of hydrogen-bond acceptors (Lipinski definition) is 3. The van der Waals surface area contributed by atoms with Gasteiger partial charge in [0.25, 0.3) is 3.92 Å². The van der Waals surface area contributed by atoms with E-state index in [1.54, 1.807) is 0 Å². The number of nitrogens with zero attached hydrogens (tertiary/aromatic N) is 4. The average molecular weight is 264 g/mol. The fourth-order valence-electron chi connectivity index (χ4n) is 1.13. The van der Waals surface area contributed by atoms with E-state index < -0.39 is 3.92 Å². The van der Waals surface area contributed by atoms with Crippen LogP contribution in [0.1, 0.15) is 0 Å². The van der Waals surface area contributed by atoms with Crippen molar-refractivity contribution in [3.8, 4) is 11.4 Å². The van der Waals surface area contributed by atoms with Gasteiger partial charge in [-0.25, -0.2) is 0 Å². The fourth-order valence-corrected chi connectivity index (χ4v) is 1.47. The van der Waals surface area contributed by atoms with Crippen LogP contribution in [0, 0.1) is 0 Å². The van der Waals surface area contributed by atoms with E-state index in [2.05, 4.69) is 15.5 Å². The minimum Gasteiger partial charge on any atom is -0.175 e. The Labute approximate surface area is 101 Å². The number of alkyl halides is 3. The molecule has 0 aliphatic rings. The molecule has 0 N–H and O–H groups in total. The Balaban J connectivity index is 2.51. The molecule has 2 rings (SSSR count). The molecule has 1 aromatic heterocycles. The highest BCUT2D eigenvalue weighted by molar-refractivity contribution is 6.64. The van der Waals surface area contributed by atoms with Crippen LogP contribution in [0.25, 0.3) is 11.4 Å². The lowest BCUT2D eigenvalue weighted by atomic mass is 10.2. The van der Waals surface area contributed by atoms with Crippen LogP contribution in [-0.2, 0) is 3.92 Å². The summed E-state index contributed by atoms with van der Waals surface area (Å²) in [5, 5.41) is 10.9. The zero-order valence-electron chi connectivity index (χ0n) is 7.31. The van der Waals surface area contributed by atoms with Crippen molar-refractivity contribution in [3.05, 3.63) is 30.3 Å². The number of tetrazole rings is 1. The van der Waals surface area contributed by atoms with Gasteiger partial charge in [0, 0.05) is 5.56 Å². The quantitative estimate of drug-likeness (QED) is 0.743. The first-order valence-corrected chi connectivity index (χ1v) is 5.13. The summed E-state index contributed by atoms with van der Waals surface area (Å²) in [6, 6.07) is 9.25. The second-order valence-corrected chi connectivity index (χ2v) is 4.97. The Morgan fingerprint density at radius 3 is 2.33 bits per heavy atom. The summed E-state index contributed by atoms with van der Waals surface area (Å²) in [6.45, 7) is 0.